The Hall–Kier alpha value is -5.58. The molecule has 204 valence electrons. The van der Waals surface area contributed by atoms with E-state index in [0.717, 1.165) is 0 Å². The first-order valence-corrected chi connectivity index (χ1v) is 13.0. The number of benzene rings is 2. The maximum absolute atomic E-state index is 14.2. The molecule has 4 aromatic heterocycles. The van der Waals surface area contributed by atoms with E-state index in [1.165, 1.54) is 10.9 Å². The third kappa shape index (κ3) is 4.63. The van der Waals surface area contributed by atoms with Crippen LogP contribution in [0.25, 0.3) is 22.1 Å². The van der Waals surface area contributed by atoms with Crippen molar-refractivity contribution in [2.24, 2.45) is 7.05 Å². The molecule has 6 aromatic rings. The normalized spacial score (nSPS) is 12.0. The highest BCUT2D eigenvalue weighted by Crippen LogP contribution is 2.26. The number of carbonyl (C=O) groups excluding carboxylic acids is 2. The Morgan fingerprint density at radius 1 is 1.00 bits per heavy atom. The summed E-state index contributed by atoms with van der Waals surface area (Å²) in [7, 11) is 1.72. The van der Waals surface area contributed by atoms with E-state index in [1.807, 2.05) is 49.4 Å². The van der Waals surface area contributed by atoms with Crippen LogP contribution in [-0.4, -0.2) is 40.8 Å². The maximum atomic E-state index is 14.2. The van der Waals surface area contributed by atoms with Crippen LogP contribution in [0, 0.1) is 6.92 Å². The number of fused-ring (bicyclic) bond motifs is 2. The molecule has 4 heterocycles. The van der Waals surface area contributed by atoms with Crippen LogP contribution in [0.5, 0.6) is 0 Å². The van der Waals surface area contributed by atoms with Gasteiger partial charge >= 0.3 is 0 Å². The minimum Gasteiger partial charge on any atom is -0.344 e. The first-order valence-electron chi connectivity index (χ1n) is 13.0. The van der Waals surface area contributed by atoms with Gasteiger partial charge in [0.15, 0.2) is 5.65 Å². The average molecular weight is 547 g/mol. The second-order valence-corrected chi connectivity index (χ2v) is 9.72. The fourth-order valence-electron chi connectivity index (χ4n) is 4.99. The number of amides is 2. The molecule has 2 aromatic carbocycles. The van der Waals surface area contributed by atoms with Crippen LogP contribution in [0.4, 0.5) is 5.69 Å². The highest BCUT2D eigenvalue weighted by Gasteiger charge is 2.24. The number of hydrogen-bond acceptors (Lipinski definition) is 6. The summed E-state index contributed by atoms with van der Waals surface area (Å²) < 4.78 is 4.66. The average Bonchev–Trinajstić information content (AvgIpc) is 3.55. The van der Waals surface area contributed by atoms with E-state index in [0.29, 0.717) is 50.3 Å². The van der Waals surface area contributed by atoms with Crippen molar-refractivity contribution in [1.82, 2.24) is 34.3 Å². The molecule has 0 fully saturated rings. The maximum Gasteiger partial charge on any atom is 0.265 e. The van der Waals surface area contributed by atoms with E-state index in [1.54, 1.807) is 59.8 Å². The van der Waals surface area contributed by atoms with Gasteiger partial charge in [-0.3, -0.25) is 23.6 Å². The molecule has 11 heteroatoms. The molecule has 0 unspecified atom stereocenters. The summed E-state index contributed by atoms with van der Waals surface area (Å²) >= 11 is 0. The summed E-state index contributed by atoms with van der Waals surface area (Å²) in [6.07, 6.45) is 6.41. The van der Waals surface area contributed by atoms with E-state index in [4.69, 9.17) is 0 Å². The van der Waals surface area contributed by atoms with Crippen molar-refractivity contribution in [2.45, 2.75) is 19.9 Å². The number of para-hydroxylation sites is 1. The molecule has 0 saturated carbocycles. The minimum atomic E-state index is -0.577. The number of hydrogen-bond donors (Lipinski definition) is 2. The lowest BCUT2D eigenvalue weighted by Gasteiger charge is -2.21. The lowest BCUT2D eigenvalue weighted by atomic mass is 10.1. The fourth-order valence-corrected chi connectivity index (χ4v) is 4.99. The quantitative estimate of drug-likeness (QED) is 0.327. The van der Waals surface area contributed by atoms with E-state index in [-0.39, 0.29) is 17.4 Å². The number of nitrogens with zero attached hydrogens (tertiary/aromatic N) is 6. The Morgan fingerprint density at radius 2 is 1.80 bits per heavy atom. The van der Waals surface area contributed by atoms with Crippen LogP contribution in [0.1, 0.15) is 45.1 Å². The van der Waals surface area contributed by atoms with Gasteiger partial charge < -0.3 is 10.6 Å². The Kier molecular flexibility index (Phi) is 6.38. The Bertz CT molecular complexity index is 2010. The molecule has 1 atom stereocenters. The number of aromatic nitrogens is 6. The zero-order valence-electron chi connectivity index (χ0n) is 22.6. The molecular formula is C30H26N8O3. The Morgan fingerprint density at radius 3 is 2.56 bits per heavy atom. The SMILES string of the molecule is Cc1nn2cccnc2c1C(=O)N[C@@H](C)c1cc2cccc(NC(=O)c3cnn(C)c3)c2c(=O)n1-c1ccccc1. The number of anilines is 1. The molecule has 6 rings (SSSR count). The molecule has 0 radical (unpaired) electrons. The predicted molar refractivity (Wildman–Crippen MR) is 154 cm³/mol. The number of pyridine rings is 1. The second-order valence-electron chi connectivity index (χ2n) is 9.72. The van der Waals surface area contributed by atoms with Crippen molar-refractivity contribution in [2.75, 3.05) is 5.32 Å². The van der Waals surface area contributed by atoms with E-state index in [2.05, 4.69) is 25.8 Å². The van der Waals surface area contributed by atoms with Gasteiger partial charge in [0.05, 0.1) is 34.6 Å². The molecule has 0 aliphatic rings. The number of nitrogens with one attached hydrogen (secondary N) is 2. The molecule has 0 aliphatic carbocycles. The van der Waals surface area contributed by atoms with E-state index < -0.39 is 6.04 Å². The van der Waals surface area contributed by atoms with Gasteiger partial charge in [0, 0.05) is 37.0 Å². The van der Waals surface area contributed by atoms with Crippen LogP contribution in [0.3, 0.4) is 0 Å². The highest BCUT2D eigenvalue weighted by molar-refractivity contribution is 6.09. The third-order valence-corrected chi connectivity index (χ3v) is 6.89. The highest BCUT2D eigenvalue weighted by atomic mass is 16.2. The monoisotopic (exact) mass is 546 g/mol. The van der Waals surface area contributed by atoms with Crippen LogP contribution >= 0.6 is 0 Å². The largest absolute Gasteiger partial charge is 0.344 e. The van der Waals surface area contributed by atoms with Crippen molar-refractivity contribution >= 4 is 33.9 Å². The van der Waals surface area contributed by atoms with Gasteiger partial charge in [-0.1, -0.05) is 30.3 Å². The summed E-state index contributed by atoms with van der Waals surface area (Å²) in [6, 6.07) is 17.5. The van der Waals surface area contributed by atoms with Crippen molar-refractivity contribution in [3.8, 4) is 5.69 Å². The second kappa shape index (κ2) is 10.2. The topological polar surface area (TPSA) is 128 Å². The molecule has 0 bridgehead atoms. The van der Waals surface area contributed by atoms with Gasteiger partial charge in [0.1, 0.15) is 5.56 Å². The number of rotatable bonds is 6. The molecule has 2 amide bonds. The van der Waals surface area contributed by atoms with Gasteiger partial charge in [0.25, 0.3) is 17.4 Å². The van der Waals surface area contributed by atoms with Gasteiger partial charge in [-0.2, -0.15) is 10.2 Å². The zero-order valence-corrected chi connectivity index (χ0v) is 22.6. The molecule has 41 heavy (non-hydrogen) atoms. The summed E-state index contributed by atoms with van der Waals surface area (Å²) in [5, 5.41) is 15.3. The summed E-state index contributed by atoms with van der Waals surface area (Å²) in [6.45, 7) is 3.58. The molecule has 2 N–H and O–H groups in total. The van der Waals surface area contributed by atoms with Gasteiger partial charge in [-0.15, -0.1) is 0 Å². The van der Waals surface area contributed by atoms with E-state index >= 15 is 0 Å². The summed E-state index contributed by atoms with van der Waals surface area (Å²) in [5.41, 5.74) is 2.97. The van der Waals surface area contributed by atoms with Crippen molar-refractivity contribution in [3.63, 3.8) is 0 Å². The Balaban J connectivity index is 1.45. The summed E-state index contributed by atoms with van der Waals surface area (Å²) in [4.78, 5) is 44.9. The number of aryl methyl sites for hydroxylation is 2. The van der Waals surface area contributed by atoms with Gasteiger partial charge in [-0.05, 0) is 49.6 Å². The van der Waals surface area contributed by atoms with Gasteiger partial charge in [-0.25, -0.2) is 9.50 Å². The predicted octanol–water partition coefficient (Wildman–Crippen LogP) is 3.82. The van der Waals surface area contributed by atoms with Crippen molar-refractivity contribution in [1.29, 1.82) is 0 Å². The van der Waals surface area contributed by atoms with Crippen molar-refractivity contribution in [3.05, 3.63) is 118 Å². The lowest BCUT2D eigenvalue weighted by molar-refractivity contribution is 0.0938. The first-order chi connectivity index (χ1) is 19.8. The smallest absolute Gasteiger partial charge is 0.265 e. The molecule has 0 aliphatic heterocycles. The fraction of sp³-hybridized carbons (Fsp3) is 0.133. The van der Waals surface area contributed by atoms with Crippen LogP contribution in [0.15, 0.2) is 90.2 Å². The lowest BCUT2D eigenvalue weighted by Crippen LogP contribution is -2.32. The van der Waals surface area contributed by atoms with Crippen LogP contribution < -0.4 is 16.2 Å². The Labute approximate surface area is 234 Å². The number of carbonyl (C=O) groups is 2. The van der Waals surface area contributed by atoms with Crippen LogP contribution in [0.2, 0.25) is 0 Å². The summed E-state index contributed by atoms with van der Waals surface area (Å²) in [5.74, 6) is -0.730. The standard InChI is InChI=1S/C30H26N8O3/c1-18(33-29(40)25-19(2)35-37-14-8-13-31-27(25)37)24-15-20-9-7-12-23(34-28(39)21-16-32-36(3)17-21)26(20)30(41)38(24)22-10-5-4-6-11-22/h4-18H,1-3H3,(H,33,40)(H,34,39)/t18-/m0/s1. The molecule has 0 spiro atoms. The molecule has 0 saturated heterocycles. The molecule has 11 nitrogen and oxygen atoms in total. The van der Waals surface area contributed by atoms with E-state index in [9.17, 15) is 14.4 Å². The first kappa shape index (κ1) is 25.7. The zero-order chi connectivity index (χ0) is 28.7. The van der Waals surface area contributed by atoms with Crippen molar-refractivity contribution < 1.29 is 9.59 Å². The van der Waals surface area contributed by atoms with Gasteiger partial charge in [0.2, 0.25) is 0 Å². The molecular weight excluding hydrogens is 520 g/mol. The third-order valence-electron chi connectivity index (χ3n) is 6.89. The minimum absolute atomic E-state index is 0.333. The van der Waals surface area contributed by atoms with Crippen LogP contribution in [-0.2, 0) is 7.05 Å².